The van der Waals surface area contributed by atoms with Gasteiger partial charge in [0.15, 0.2) is 5.82 Å². The van der Waals surface area contributed by atoms with Crippen LogP contribution >= 0.6 is 11.6 Å². The molecule has 5 rings (SSSR count). The van der Waals surface area contributed by atoms with Crippen molar-refractivity contribution in [2.24, 2.45) is 0 Å². The van der Waals surface area contributed by atoms with Crippen molar-refractivity contribution >= 4 is 17.5 Å². The number of benzene rings is 1. The summed E-state index contributed by atoms with van der Waals surface area (Å²) >= 11 is 6.16. The van der Waals surface area contributed by atoms with Crippen LogP contribution < -0.4 is 0 Å². The third kappa shape index (κ3) is 4.53. The van der Waals surface area contributed by atoms with E-state index in [0.29, 0.717) is 30.1 Å². The van der Waals surface area contributed by atoms with E-state index >= 15 is 0 Å². The lowest BCUT2D eigenvalue weighted by molar-refractivity contribution is -0.148. The lowest BCUT2D eigenvalue weighted by atomic mass is 10.0. The Labute approximate surface area is 193 Å². The van der Waals surface area contributed by atoms with E-state index in [1.165, 1.54) is 0 Å². The molecule has 3 aliphatic rings. The predicted octanol–water partition coefficient (Wildman–Crippen LogP) is 3.34. The van der Waals surface area contributed by atoms with Crippen LogP contribution in [0.1, 0.15) is 37.4 Å². The standard InChI is InChI=1S/C24H29ClN4O3/c25-18-4-1-3-17(15-18)23-26-9-6-20(27-23)21-5-2-10-29(21)24(30)22-16-32-14-11-28(22)19-7-12-31-13-8-19/h1,3-4,6,9,15,19,21-22H,2,5,7-8,10-14,16H2/t21-,22+/m1/s1. The van der Waals surface area contributed by atoms with Gasteiger partial charge in [-0.15, -0.1) is 0 Å². The van der Waals surface area contributed by atoms with Crippen molar-refractivity contribution in [3.8, 4) is 11.4 Å². The van der Waals surface area contributed by atoms with Crippen LogP contribution in [0.3, 0.4) is 0 Å². The highest BCUT2D eigenvalue weighted by Crippen LogP contribution is 2.33. The molecule has 0 bridgehead atoms. The molecular weight excluding hydrogens is 428 g/mol. The van der Waals surface area contributed by atoms with Gasteiger partial charge < -0.3 is 14.4 Å². The quantitative estimate of drug-likeness (QED) is 0.703. The van der Waals surface area contributed by atoms with Crippen LogP contribution in [-0.2, 0) is 14.3 Å². The molecule has 3 aliphatic heterocycles. The summed E-state index contributed by atoms with van der Waals surface area (Å²) in [5.41, 5.74) is 1.76. The summed E-state index contributed by atoms with van der Waals surface area (Å²) in [7, 11) is 0. The van der Waals surface area contributed by atoms with Crippen LogP contribution in [0.2, 0.25) is 5.02 Å². The molecule has 0 aliphatic carbocycles. The molecule has 2 aromatic rings. The molecule has 170 valence electrons. The number of halogens is 1. The number of likely N-dealkylation sites (tertiary alicyclic amines) is 1. The summed E-state index contributed by atoms with van der Waals surface area (Å²) in [6.45, 7) is 4.21. The second-order valence-corrected chi connectivity index (χ2v) is 9.11. The minimum Gasteiger partial charge on any atom is -0.381 e. The monoisotopic (exact) mass is 456 g/mol. The predicted molar refractivity (Wildman–Crippen MR) is 121 cm³/mol. The Kier molecular flexibility index (Phi) is 6.69. The lowest BCUT2D eigenvalue weighted by Gasteiger charge is -2.43. The van der Waals surface area contributed by atoms with Gasteiger partial charge in [-0.25, -0.2) is 9.97 Å². The fraction of sp³-hybridized carbons (Fsp3) is 0.542. The Morgan fingerprint density at radius 1 is 1.06 bits per heavy atom. The molecular formula is C24H29ClN4O3. The maximum absolute atomic E-state index is 13.7. The molecule has 1 aromatic heterocycles. The van der Waals surface area contributed by atoms with E-state index in [-0.39, 0.29) is 18.0 Å². The summed E-state index contributed by atoms with van der Waals surface area (Å²) in [6, 6.07) is 9.59. The van der Waals surface area contributed by atoms with Gasteiger partial charge in [-0.1, -0.05) is 23.7 Å². The van der Waals surface area contributed by atoms with E-state index < -0.39 is 0 Å². The number of aromatic nitrogens is 2. The molecule has 8 heteroatoms. The van der Waals surface area contributed by atoms with Gasteiger partial charge >= 0.3 is 0 Å². The molecule has 0 saturated carbocycles. The highest BCUT2D eigenvalue weighted by Gasteiger charge is 2.41. The number of carbonyl (C=O) groups excluding carboxylic acids is 1. The Morgan fingerprint density at radius 3 is 2.78 bits per heavy atom. The topological polar surface area (TPSA) is 67.8 Å². The highest BCUT2D eigenvalue weighted by molar-refractivity contribution is 6.30. The molecule has 32 heavy (non-hydrogen) atoms. The molecule has 1 aromatic carbocycles. The van der Waals surface area contributed by atoms with Crippen molar-refractivity contribution in [1.29, 1.82) is 0 Å². The summed E-state index contributed by atoms with van der Waals surface area (Å²) in [6.07, 6.45) is 5.60. The van der Waals surface area contributed by atoms with Gasteiger partial charge in [0.2, 0.25) is 5.91 Å². The van der Waals surface area contributed by atoms with E-state index in [0.717, 1.165) is 63.2 Å². The first-order valence-corrected chi connectivity index (χ1v) is 11.9. The van der Waals surface area contributed by atoms with Crippen molar-refractivity contribution in [1.82, 2.24) is 19.8 Å². The fourth-order valence-corrected chi connectivity index (χ4v) is 5.33. The van der Waals surface area contributed by atoms with Gasteiger partial charge in [0.05, 0.1) is 24.9 Å². The van der Waals surface area contributed by atoms with Gasteiger partial charge in [-0.3, -0.25) is 9.69 Å². The van der Waals surface area contributed by atoms with Crippen molar-refractivity contribution in [3.05, 3.63) is 47.2 Å². The number of morpholine rings is 1. The van der Waals surface area contributed by atoms with E-state index in [1.54, 1.807) is 6.20 Å². The smallest absolute Gasteiger partial charge is 0.242 e. The Balaban J connectivity index is 1.37. The third-order valence-corrected chi connectivity index (χ3v) is 6.99. The number of hydrogen-bond donors (Lipinski definition) is 0. The zero-order valence-electron chi connectivity index (χ0n) is 18.2. The van der Waals surface area contributed by atoms with Crippen LogP contribution in [0.25, 0.3) is 11.4 Å². The molecule has 0 radical (unpaired) electrons. The number of hydrogen-bond acceptors (Lipinski definition) is 6. The maximum Gasteiger partial charge on any atom is 0.242 e. The number of nitrogens with zero attached hydrogens (tertiary/aromatic N) is 4. The van der Waals surface area contributed by atoms with Gasteiger partial charge in [0.1, 0.15) is 6.04 Å². The number of ether oxygens (including phenoxy) is 2. The average Bonchev–Trinajstić information content (AvgIpc) is 3.34. The summed E-state index contributed by atoms with van der Waals surface area (Å²) in [4.78, 5) is 27.4. The SMILES string of the molecule is O=C([C@@H]1COCCN1C1CCOCC1)N1CCC[C@@H]1c1ccnc(-c2cccc(Cl)c2)n1. The molecule has 2 atom stereocenters. The zero-order chi connectivity index (χ0) is 21.9. The van der Waals surface area contributed by atoms with Gasteiger partial charge in [-0.2, -0.15) is 0 Å². The minimum absolute atomic E-state index is 0.0399. The van der Waals surface area contributed by atoms with Gasteiger partial charge in [0.25, 0.3) is 0 Å². The molecule has 7 nitrogen and oxygen atoms in total. The van der Waals surface area contributed by atoms with Crippen LogP contribution in [0.4, 0.5) is 0 Å². The van der Waals surface area contributed by atoms with Crippen molar-refractivity contribution in [3.63, 3.8) is 0 Å². The largest absolute Gasteiger partial charge is 0.381 e. The van der Waals surface area contributed by atoms with Crippen molar-refractivity contribution < 1.29 is 14.3 Å². The van der Waals surface area contributed by atoms with E-state index in [2.05, 4.69) is 9.88 Å². The maximum atomic E-state index is 13.7. The molecule has 0 unspecified atom stereocenters. The molecule has 4 heterocycles. The van der Waals surface area contributed by atoms with Crippen LogP contribution in [0, 0.1) is 0 Å². The van der Waals surface area contributed by atoms with Crippen LogP contribution in [0.15, 0.2) is 36.5 Å². The molecule has 0 N–H and O–H groups in total. The second kappa shape index (κ2) is 9.83. The van der Waals surface area contributed by atoms with Crippen molar-refractivity contribution in [2.45, 2.75) is 43.8 Å². The Hall–Kier alpha value is -2.06. The molecule has 3 saturated heterocycles. The first-order chi connectivity index (χ1) is 15.7. The normalized spacial score (nSPS) is 25.2. The number of amides is 1. The molecule has 1 amide bonds. The second-order valence-electron chi connectivity index (χ2n) is 8.68. The highest BCUT2D eigenvalue weighted by atomic mass is 35.5. The number of carbonyl (C=O) groups is 1. The van der Waals surface area contributed by atoms with E-state index in [4.69, 9.17) is 26.1 Å². The zero-order valence-corrected chi connectivity index (χ0v) is 18.9. The van der Waals surface area contributed by atoms with E-state index in [1.807, 2.05) is 35.2 Å². The van der Waals surface area contributed by atoms with Gasteiger partial charge in [-0.05, 0) is 43.9 Å². The lowest BCUT2D eigenvalue weighted by Crippen LogP contribution is -2.58. The summed E-state index contributed by atoms with van der Waals surface area (Å²) in [5, 5.41) is 0.652. The summed E-state index contributed by atoms with van der Waals surface area (Å²) < 4.78 is 11.3. The molecule has 3 fully saturated rings. The molecule has 0 spiro atoms. The average molecular weight is 457 g/mol. The van der Waals surface area contributed by atoms with Crippen molar-refractivity contribution in [2.75, 3.05) is 39.5 Å². The number of rotatable bonds is 4. The Morgan fingerprint density at radius 2 is 1.94 bits per heavy atom. The van der Waals surface area contributed by atoms with Crippen LogP contribution in [0.5, 0.6) is 0 Å². The third-order valence-electron chi connectivity index (χ3n) is 6.75. The first kappa shape index (κ1) is 21.8. The summed E-state index contributed by atoms with van der Waals surface area (Å²) in [5.74, 6) is 0.788. The minimum atomic E-state index is -0.235. The fourth-order valence-electron chi connectivity index (χ4n) is 5.14. The Bertz CT molecular complexity index is 952. The van der Waals surface area contributed by atoms with Crippen LogP contribution in [-0.4, -0.2) is 77.3 Å². The van der Waals surface area contributed by atoms with E-state index in [9.17, 15) is 4.79 Å². The van der Waals surface area contributed by atoms with Gasteiger partial charge in [0, 0.05) is 49.1 Å². The first-order valence-electron chi connectivity index (χ1n) is 11.5.